The Morgan fingerprint density at radius 1 is 0.556 bits per heavy atom. The van der Waals surface area contributed by atoms with Crippen molar-refractivity contribution in [2.75, 3.05) is 0 Å². The van der Waals surface area contributed by atoms with Crippen molar-refractivity contribution in [1.29, 1.82) is 0 Å². The van der Waals surface area contributed by atoms with Crippen LogP contribution in [-0.2, 0) is 25.3 Å². The van der Waals surface area contributed by atoms with E-state index in [9.17, 15) is 0 Å². The van der Waals surface area contributed by atoms with E-state index in [-0.39, 0.29) is 0 Å². The number of hydrogen-bond donors (Lipinski definition) is 2. The Morgan fingerprint density at radius 2 is 0.889 bits per heavy atom. The van der Waals surface area contributed by atoms with Gasteiger partial charge in [-0.1, -0.05) is 0 Å². The zero-order chi connectivity index (χ0) is 18.6. The van der Waals surface area contributed by atoms with Crippen molar-refractivity contribution in [3.05, 3.63) is 71.3 Å². The summed E-state index contributed by atoms with van der Waals surface area (Å²) in [6.07, 6.45) is 8.05. The summed E-state index contributed by atoms with van der Waals surface area (Å²) in [7, 11) is 0. The van der Waals surface area contributed by atoms with Crippen LogP contribution in [0.1, 0.15) is 22.8 Å². The summed E-state index contributed by atoms with van der Waals surface area (Å²) in [6.45, 7) is 0. The number of nitrogens with one attached hydrogen (secondary N) is 2. The third-order valence-electron chi connectivity index (χ3n) is 4.04. The molecule has 0 amide bonds. The van der Waals surface area contributed by atoms with E-state index in [2.05, 4.69) is 50.3 Å². The van der Waals surface area contributed by atoms with Gasteiger partial charge in [0.05, 0.1) is 22.8 Å². The van der Waals surface area contributed by atoms with Crippen LogP contribution in [0.15, 0.2) is 48.5 Å². The van der Waals surface area contributed by atoms with Crippen LogP contribution >= 0.6 is 0 Å². The summed E-state index contributed by atoms with van der Waals surface area (Å²) in [6, 6.07) is 16.4. The Balaban J connectivity index is 0.000000565. The normalized spacial score (nSPS) is 11.7. The molecule has 0 atom stereocenters. The van der Waals surface area contributed by atoms with Gasteiger partial charge in [-0.15, -0.1) is 0 Å². The molecule has 0 aliphatic carbocycles. The summed E-state index contributed by atoms with van der Waals surface area (Å²) in [5, 5.41) is 0. The van der Waals surface area contributed by atoms with Crippen LogP contribution in [0.25, 0.3) is 46.4 Å². The maximum atomic E-state index is 8.50. The van der Waals surface area contributed by atoms with Crippen LogP contribution in [0, 0.1) is 0 Å². The molecule has 5 heterocycles. The monoisotopic (exact) mass is 440 g/mol. The SMILES string of the molecule is C1=Cc2cc3ccc(cc4ccc(cc5nc(cc1n2)C=C5)[nH]4)[nH]3.[O]=[Mo]=[O]. The first kappa shape index (κ1) is 17.3. The van der Waals surface area contributed by atoms with Crippen LogP contribution in [-0.4, -0.2) is 19.9 Å². The molecule has 0 spiro atoms. The minimum absolute atomic E-state index is 0.915. The van der Waals surface area contributed by atoms with E-state index in [1.54, 1.807) is 0 Å². The van der Waals surface area contributed by atoms with E-state index < -0.39 is 18.5 Å². The van der Waals surface area contributed by atoms with Gasteiger partial charge < -0.3 is 9.97 Å². The van der Waals surface area contributed by atoms with Gasteiger partial charge in [0.25, 0.3) is 0 Å². The Hall–Kier alpha value is -3.11. The third kappa shape index (κ3) is 4.18. The first-order valence-corrected chi connectivity index (χ1v) is 9.82. The summed E-state index contributed by atoms with van der Waals surface area (Å²) in [5.41, 5.74) is 7.86. The molecule has 27 heavy (non-hydrogen) atoms. The van der Waals surface area contributed by atoms with Crippen molar-refractivity contribution in [3.63, 3.8) is 0 Å². The molecule has 7 heteroatoms. The second-order valence-electron chi connectivity index (χ2n) is 5.97. The van der Waals surface area contributed by atoms with E-state index in [1.807, 2.05) is 42.5 Å². The van der Waals surface area contributed by atoms with Crippen LogP contribution in [0.3, 0.4) is 0 Å². The summed E-state index contributed by atoms with van der Waals surface area (Å²) in [4.78, 5) is 16.0. The molecular weight excluding hydrogens is 424 g/mol. The Kier molecular flexibility index (Phi) is 4.90. The first-order chi connectivity index (χ1) is 13.2. The number of hydrogen-bond acceptors (Lipinski definition) is 4. The molecule has 8 bridgehead atoms. The number of H-pyrrole nitrogens is 2. The predicted molar refractivity (Wildman–Crippen MR) is 100 cm³/mol. The number of rotatable bonds is 0. The van der Waals surface area contributed by atoms with E-state index in [1.165, 1.54) is 0 Å². The molecule has 0 fully saturated rings. The van der Waals surface area contributed by atoms with E-state index >= 15 is 0 Å². The van der Waals surface area contributed by atoms with Crippen molar-refractivity contribution < 1.29 is 25.3 Å². The zero-order valence-electron chi connectivity index (χ0n) is 14.0. The van der Waals surface area contributed by atoms with Gasteiger partial charge in [-0.25, -0.2) is 9.97 Å². The average Bonchev–Trinajstić information content (AvgIpc) is 3.41. The quantitative estimate of drug-likeness (QED) is 0.350. The second-order valence-corrected chi connectivity index (χ2v) is 6.31. The van der Waals surface area contributed by atoms with Gasteiger partial charge in [0.15, 0.2) is 0 Å². The molecule has 132 valence electrons. The van der Waals surface area contributed by atoms with Crippen LogP contribution < -0.4 is 0 Å². The van der Waals surface area contributed by atoms with Crippen molar-refractivity contribution >= 4 is 46.4 Å². The van der Waals surface area contributed by atoms with Crippen molar-refractivity contribution in [3.8, 4) is 0 Å². The molecule has 2 N–H and O–H groups in total. The average molecular weight is 438 g/mol. The molecule has 2 aliphatic heterocycles. The molecule has 0 saturated heterocycles. The van der Waals surface area contributed by atoms with Crippen LogP contribution in [0.2, 0.25) is 0 Å². The summed E-state index contributed by atoms with van der Waals surface area (Å²) >= 11 is -2.03. The number of aromatic amines is 2. The van der Waals surface area contributed by atoms with Gasteiger partial charge in [-0.2, -0.15) is 0 Å². The first-order valence-electron chi connectivity index (χ1n) is 8.18. The van der Waals surface area contributed by atoms with Crippen molar-refractivity contribution in [1.82, 2.24) is 19.9 Å². The van der Waals surface area contributed by atoms with E-state index in [0.29, 0.717) is 0 Å². The number of nitrogens with zero attached hydrogens (tertiary/aromatic N) is 2. The van der Waals surface area contributed by atoms with E-state index in [4.69, 9.17) is 6.80 Å². The van der Waals surface area contributed by atoms with Crippen molar-refractivity contribution in [2.45, 2.75) is 0 Å². The van der Waals surface area contributed by atoms with Gasteiger partial charge in [0.1, 0.15) is 0 Å². The standard InChI is InChI=1S/C20H14N4.Mo.2O/c1-2-14-10-16-5-6-18(23-16)12-20-8-7-19(24-20)11-17-4-3-15(22-17)9-13(1)21-14;;;/h1-12,21-22H;;;. The van der Waals surface area contributed by atoms with Crippen molar-refractivity contribution in [2.24, 2.45) is 0 Å². The molecule has 0 saturated carbocycles. The fraction of sp³-hybridized carbons (Fsp3) is 0. The van der Waals surface area contributed by atoms with Gasteiger partial charge in [0.2, 0.25) is 0 Å². The second kappa shape index (κ2) is 7.64. The minimum atomic E-state index is -2.03. The Morgan fingerprint density at radius 3 is 1.30 bits per heavy atom. The zero-order valence-corrected chi connectivity index (χ0v) is 16.1. The van der Waals surface area contributed by atoms with Crippen LogP contribution in [0.5, 0.6) is 0 Å². The van der Waals surface area contributed by atoms with E-state index in [0.717, 1.165) is 44.8 Å². The van der Waals surface area contributed by atoms with Crippen LogP contribution in [0.4, 0.5) is 0 Å². The van der Waals surface area contributed by atoms with Gasteiger partial charge in [-0.3, -0.25) is 0 Å². The maximum absolute atomic E-state index is 8.50. The molecule has 3 aromatic heterocycles. The Bertz CT molecular complexity index is 1170. The van der Waals surface area contributed by atoms with Gasteiger partial charge in [-0.05, 0) is 72.8 Å². The molecule has 0 radical (unpaired) electrons. The number of fused-ring (bicyclic) bond motifs is 8. The fourth-order valence-electron chi connectivity index (χ4n) is 2.94. The third-order valence-corrected chi connectivity index (χ3v) is 4.04. The Labute approximate surface area is 162 Å². The summed E-state index contributed by atoms with van der Waals surface area (Å²) < 4.78 is 17.0. The molecule has 0 aromatic carbocycles. The topological polar surface area (TPSA) is 91.5 Å². The fourth-order valence-corrected chi connectivity index (χ4v) is 2.94. The molecule has 3 aromatic rings. The molecule has 6 nitrogen and oxygen atoms in total. The summed E-state index contributed by atoms with van der Waals surface area (Å²) in [5.74, 6) is 0. The molecular formula is C20H14MoN4O2. The predicted octanol–water partition coefficient (Wildman–Crippen LogP) is 4.42. The molecule has 0 unspecified atom stereocenters. The van der Waals surface area contributed by atoms with Gasteiger partial charge >= 0.3 is 25.3 Å². The molecule has 5 rings (SSSR count). The molecule has 2 aliphatic rings. The van der Waals surface area contributed by atoms with Gasteiger partial charge in [0, 0.05) is 22.1 Å². The number of aromatic nitrogens is 4.